The Labute approximate surface area is 621 Å². The van der Waals surface area contributed by atoms with Gasteiger partial charge in [0.05, 0.1) is 42.4 Å². The van der Waals surface area contributed by atoms with Gasteiger partial charge in [-0.05, 0) is 110 Å². The van der Waals surface area contributed by atoms with Gasteiger partial charge in [-0.1, -0.05) is 35.2 Å². The van der Waals surface area contributed by atoms with E-state index in [-0.39, 0.29) is 94.1 Å². The van der Waals surface area contributed by atoms with Crippen molar-refractivity contribution < 1.29 is 102 Å². The van der Waals surface area contributed by atoms with Gasteiger partial charge in [0.25, 0.3) is 0 Å². The number of halogens is 4. The van der Waals surface area contributed by atoms with E-state index >= 15 is 0 Å². The van der Waals surface area contributed by atoms with Crippen LogP contribution < -0.4 is 41.9 Å². The van der Waals surface area contributed by atoms with Gasteiger partial charge in [0.1, 0.15) is 93.3 Å². The normalized spacial score (nSPS) is 31.0. The monoisotopic (exact) mass is 1620 g/mol. The van der Waals surface area contributed by atoms with E-state index in [1.54, 1.807) is 6.92 Å². The Hall–Kier alpha value is -7.70. The Balaban J connectivity index is 0.000000126. The molecule has 4 aliphatic carbocycles. The van der Waals surface area contributed by atoms with Crippen molar-refractivity contribution in [1.82, 2.24) is 78.1 Å². The van der Waals surface area contributed by atoms with Gasteiger partial charge in [0, 0.05) is 7.11 Å². The molecule has 17 N–H and O–H groups in total. The zero-order valence-electron chi connectivity index (χ0n) is 58.4. The van der Waals surface area contributed by atoms with E-state index in [0.29, 0.717) is 26.8 Å². The summed E-state index contributed by atoms with van der Waals surface area (Å²) in [6.45, 7) is 0.959. The summed E-state index contributed by atoms with van der Waals surface area (Å²) in [6.07, 6.45) is 7.96. The largest absolute Gasteiger partial charge is 0.460 e. The Morgan fingerprint density at radius 2 is 0.916 bits per heavy atom. The van der Waals surface area contributed by atoms with Crippen molar-refractivity contribution in [3.8, 4) is 24.0 Å². The standard InChI is InChI=1S/C17H23N5O4.C16H21F2N5O4.C16H22FN5O5.C16H22IN5O5/c1-3-17(24)12(23)9(2)25-15(17)22-8-19-11-13(18)20-16(21-14(11)22)26-10-6-4-5-7-10;17-5-16(6-18)11(25)10(24)14(27-16)23-7-20-9-12(19)21-15(22-13(9)23)26-8-3-1-2-4-8;17-5-9-11(24)12(25)16(6-23,27-9)22-7-19-10-13(18)20-15(21-14(10)22)26-8-3-1-2-4-8;1-25-16(6-17)11(24)10(23)14(27-16)22-7-19-9-12(18)20-15(21-13(9)22)26-8-4-2-3-5-8/h3,8-10,12,15,23-24H,1,4-7H2,2H3,(H2,18,20,21);7-8,10-11,14,24-25H,1-6H2,(H2,19,21,22);7-9,11-12,23-25H,1-6H2,(H2,18,20,21);7-8,10-11,14,23-24H,2-6H2,1H3,(H2,18,20,21)/t9-,12-,15-,17+;10-,11+,14-;9-,11-,12-,16-;10-,11+,14-,16-/m1111/s1. The van der Waals surface area contributed by atoms with Crippen LogP contribution in [0, 0.1) is 0 Å². The van der Waals surface area contributed by atoms with E-state index < -0.39 is 123 Å². The number of aliphatic hydroxyl groups excluding tert-OH is 8. The fraction of sp³-hybridized carbons (Fsp3) is 0.662. The minimum atomic E-state index is -2.14. The fourth-order valence-corrected chi connectivity index (χ4v) is 15.7. The molecule has 8 aliphatic rings. The van der Waals surface area contributed by atoms with Crippen molar-refractivity contribution in [3.63, 3.8) is 0 Å². The minimum Gasteiger partial charge on any atom is -0.460 e. The van der Waals surface area contributed by atoms with Crippen molar-refractivity contribution in [1.29, 1.82) is 0 Å². The van der Waals surface area contributed by atoms with E-state index in [4.69, 9.17) is 65.6 Å². The molecule has 4 saturated carbocycles. The lowest BCUT2D eigenvalue weighted by Crippen LogP contribution is -2.48. The molecule has 38 nitrogen and oxygen atoms in total. The van der Waals surface area contributed by atoms with Crippen molar-refractivity contribution in [3.05, 3.63) is 38.0 Å². The van der Waals surface area contributed by atoms with Crippen molar-refractivity contribution in [2.24, 2.45) is 0 Å². The number of nitrogen functional groups attached to an aromatic ring is 4. The molecule has 0 amide bonds. The number of rotatable bonds is 19. The molecule has 584 valence electrons. The molecule has 107 heavy (non-hydrogen) atoms. The van der Waals surface area contributed by atoms with Gasteiger partial charge in [0.2, 0.25) is 5.79 Å². The molecule has 0 aromatic carbocycles. The smallest absolute Gasteiger partial charge is 0.320 e. The van der Waals surface area contributed by atoms with Gasteiger partial charge in [0.15, 0.2) is 104 Å². The maximum Gasteiger partial charge on any atom is 0.320 e. The van der Waals surface area contributed by atoms with Gasteiger partial charge in [-0.25, -0.2) is 33.1 Å². The fourth-order valence-electron chi connectivity index (χ4n) is 14.8. The number of nitrogens with zero attached hydrogens (tertiary/aromatic N) is 16. The van der Waals surface area contributed by atoms with E-state index in [1.807, 2.05) is 22.6 Å². The first-order chi connectivity index (χ1) is 51.4. The van der Waals surface area contributed by atoms with Crippen LogP contribution in [0.3, 0.4) is 0 Å². The minimum absolute atomic E-state index is 0.000843. The molecule has 0 unspecified atom stereocenters. The molecule has 12 heterocycles. The summed E-state index contributed by atoms with van der Waals surface area (Å²) >= 11 is 2.04. The molecule has 0 radical (unpaired) electrons. The molecule has 0 spiro atoms. The lowest BCUT2D eigenvalue weighted by Gasteiger charge is -2.31. The maximum absolute atomic E-state index is 13.3. The number of hydrogen-bond donors (Lipinski definition) is 13. The highest BCUT2D eigenvalue weighted by atomic mass is 127. The number of ether oxygens (including phenoxy) is 9. The van der Waals surface area contributed by atoms with Gasteiger partial charge in [-0.2, -0.15) is 39.9 Å². The molecule has 8 aromatic heterocycles. The number of alkyl halides is 4. The predicted molar refractivity (Wildman–Crippen MR) is 377 cm³/mol. The average Bonchev–Trinajstić information content (AvgIpc) is 1.60. The van der Waals surface area contributed by atoms with Crippen LogP contribution >= 0.6 is 22.6 Å². The summed E-state index contributed by atoms with van der Waals surface area (Å²) in [7, 11) is 1.43. The number of anilines is 4. The highest BCUT2D eigenvalue weighted by Gasteiger charge is 2.59. The van der Waals surface area contributed by atoms with E-state index in [0.717, 1.165) is 103 Å². The third kappa shape index (κ3) is 14.4. The zero-order chi connectivity index (χ0) is 76.0. The number of aliphatic hydroxyl groups is 9. The second-order valence-corrected chi connectivity index (χ2v) is 28.5. The van der Waals surface area contributed by atoms with Crippen LogP contribution in [0.4, 0.5) is 36.4 Å². The third-order valence-corrected chi connectivity index (χ3v) is 22.0. The molecule has 42 heteroatoms. The van der Waals surface area contributed by atoms with Crippen molar-refractivity contribution in [2.45, 2.75) is 230 Å². The molecule has 8 aromatic rings. The van der Waals surface area contributed by atoms with Crippen LogP contribution in [-0.4, -0.2) is 259 Å². The van der Waals surface area contributed by atoms with Crippen molar-refractivity contribution in [2.75, 3.05) is 61.1 Å². The highest BCUT2D eigenvalue weighted by Crippen LogP contribution is 2.45. The SMILES string of the molecule is C=C[C@]1(O)[C@H](O)[C@@H](C)O[C@H]1n1cnc2c(N)nc(OC3CCCC3)nc21.CO[C@]1(CI)O[C@@H](n2cnc3c(N)nc(OC4CCCC4)nc32)[C@H](O)[C@@H]1O.Nc1nc(OC2CCCC2)nc2c1ncn2[C@@H]1OC(CF)(CF)[C@@H](O)[C@H]1O.Nc1nc(OC2CCCC2)nc2c1ncn2[C@]1(CO)O[C@H](CF)[C@@H](O)[C@H]1O. The van der Waals surface area contributed by atoms with Gasteiger partial charge >= 0.3 is 24.0 Å². The molecular formula is C65H88F3IN20O18. The van der Waals surface area contributed by atoms with Gasteiger partial charge in [-0.3, -0.25) is 18.3 Å². The maximum atomic E-state index is 13.3. The van der Waals surface area contributed by atoms with E-state index in [2.05, 4.69) is 66.4 Å². The molecular weight excluding hydrogens is 1530 g/mol. The van der Waals surface area contributed by atoms with Crippen molar-refractivity contribution >= 4 is 90.5 Å². The molecule has 16 rings (SSSR count). The van der Waals surface area contributed by atoms with E-state index in [9.17, 15) is 59.1 Å². The van der Waals surface area contributed by atoms with Crippen LogP contribution in [0.5, 0.6) is 24.0 Å². The Morgan fingerprint density at radius 3 is 1.28 bits per heavy atom. The van der Waals surface area contributed by atoms with Crippen LogP contribution in [0.2, 0.25) is 0 Å². The number of methoxy groups -OCH3 is 1. The topological polar surface area (TPSA) is 544 Å². The molecule has 4 aliphatic heterocycles. The summed E-state index contributed by atoms with van der Waals surface area (Å²) in [5, 5.41) is 92.9. The molecule has 0 bridgehead atoms. The van der Waals surface area contributed by atoms with E-state index in [1.165, 1.54) is 56.8 Å². The number of imidazole rings is 4. The first-order valence-corrected chi connectivity index (χ1v) is 36.8. The Bertz CT molecular complexity index is 4270. The Morgan fingerprint density at radius 1 is 0.533 bits per heavy atom. The summed E-state index contributed by atoms with van der Waals surface area (Å²) in [6, 6.07) is 0.465. The summed E-state index contributed by atoms with van der Waals surface area (Å²) in [5.74, 6) is -0.803. The second-order valence-electron chi connectivity index (χ2n) is 27.8. The first-order valence-electron chi connectivity index (χ1n) is 35.3. The third-order valence-electron chi connectivity index (χ3n) is 21.0. The Kier molecular flexibility index (Phi) is 23.0. The lowest BCUT2D eigenvalue weighted by atomic mass is 9.94. The van der Waals surface area contributed by atoms with Crippen LogP contribution in [0.1, 0.15) is 128 Å². The number of hydrogen-bond acceptors (Lipinski definition) is 34. The molecule has 4 saturated heterocycles. The number of fused-ring (bicyclic) bond motifs is 4. The first kappa shape index (κ1) is 77.5. The molecule has 15 atom stereocenters. The molecule has 8 fully saturated rings. The summed E-state index contributed by atoms with van der Waals surface area (Å²) < 4.78 is 96.8. The lowest BCUT2D eigenvalue weighted by molar-refractivity contribution is -0.236. The van der Waals surface area contributed by atoms with Crippen LogP contribution in [0.25, 0.3) is 44.7 Å². The number of aromatic nitrogens is 16. The zero-order valence-corrected chi connectivity index (χ0v) is 60.5. The number of nitrogens with two attached hydrogens (primary N) is 4. The summed E-state index contributed by atoms with van der Waals surface area (Å²) in [5.41, 5.74) is 20.5. The average molecular weight is 1620 g/mol. The second kappa shape index (κ2) is 31.7. The highest BCUT2D eigenvalue weighted by molar-refractivity contribution is 14.1. The summed E-state index contributed by atoms with van der Waals surface area (Å²) in [4.78, 5) is 50.7. The van der Waals surface area contributed by atoms with Gasteiger partial charge < -0.3 is 112 Å². The van der Waals surface area contributed by atoms with Crippen LogP contribution in [-0.2, 0) is 29.4 Å². The predicted octanol–water partition coefficient (Wildman–Crippen LogP) is 1.81. The quantitative estimate of drug-likeness (QED) is 0.0312. The van der Waals surface area contributed by atoms with Crippen LogP contribution in [0.15, 0.2) is 38.0 Å². The van der Waals surface area contributed by atoms with Gasteiger partial charge in [-0.15, -0.1) is 0 Å².